The summed E-state index contributed by atoms with van der Waals surface area (Å²) in [6, 6.07) is 4.60. The number of rotatable bonds is 4. The van der Waals surface area contributed by atoms with E-state index in [1.54, 1.807) is 13.0 Å². The van der Waals surface area contributed by atoms with E-state index in [-0.39, 0.29) is 10.0 Å². The molecule has 2 aromatic rings. The lowest BCUT2D eigenvalue weighted by molar-refractivity contribution is 0.318. The van der Waals surface area contributed by atoms with Crippen LogP contribution in [-0.4, -0.2) is 24.4 Å². The molecule has 2 rings (SSSR count). The zero-order valence-corrected chi connectivity index (χ0v) is 14.0. The summed E-state index contributed by atoms with van der Waals surface area (Å²) in [5.74, 6) is -0.0665. The van der Waals surface area contributed by atoms with E-state index >= 15 is 0 Å². The first kappa shape index (κ1) is 15.7. The third-order valence-electron chi connectivity index (χ3n) is 2.48. The number of thiazole rings is 1. The Bertz CT molecular complexity index is 802. The van der Waals surface area contributed by atoms with Crippen LogP contribution >= 0.6 is 27.3 Å². The van der Waals surface area contributed by atoms with E-state index in [1.165, 1.54) is 18.3 Å². The van der Waals surface area contributed by atoms with E-state index in [4.69, 9.17) is 10.9 Å². The van der Waals surface area contributed by atoms with Gasteiger partial charge in [-0.2, -0.15) is 0 Å². The second-order valence-electron chi connectivity index (χ2n) is 3.98. The molecule has 0 saturated heterocycles. The van der Waals surface area contributed by atoms with Gasteiger partial charge in [0.1, 0.15) is 0 Å². The summed E-state index contributed by atoms with van der Waals surface area (Å²) in [5.41, 5.74) is 6.27. The Morgan fingerprint density at radius 1 is 1.52 bits per heavy atom. The summed E-state index contributed by atoms with van der Waals surface area (Å²) >= 11 is 4.33. The largest absolute Gasteiger partial charge is 0.409 e. The molecule has 0 unspecified atom stereocenters. The van der Waals surface area contributed by atoms with Gasteiger partial charge in [-0.05, 0) is 41.1 Å². The molecule has 0 spiro atoms. The number of hydrogen-bond donors (Lipinski definition) is 3. The van der Waals surface area contributed by atoms with Crippen molar-refractivity contribution in [2.45, 2.75) is 11.1 Å². The first-order chi connectivity index (χ1) is 9.83. The van der Waals surface area contributed by atoms with Crippen LogP contribution in [0.5, 0.6) is 0 Å². The number of aryl methyl sites for hydroxylation is 1. The van der Waals surface area contributed by atoms with Crippen molar-refractivity contribution in [3.63, 3.8) is 0 Å². The number of benzene rings is 1. The average Bonchev–Trinajstić information content (AvgIpc) is 2.87. The highest BCUT2D eigenvalue weighted by Gasteiger charge is 2.18. The van der Waals surface area contributed by atoms with Crippen LogP contribution in [0.25, 0.3) is 0 Å². The van der Waals surface area contributed by atoms with Crippen molar-refractivity contribution in [1.82, 2.24) is 4.98 Å². The van der Waals surface area contributed by atoms with Crippen molar-refractivity contribution in [2.24, 2.45) is 10.9 Å². The van der Waals surface area contributed by atoms with Gasteiger partial charge in [0.05, 0.1) is 16.9 Å². The van der Waals surface area contributed by atoms with Crippen LogP contribution in [0.3, 0.4) is 0 Å². The molecular weight excluding hydrogens is 380 g/mol. The van der Waals surface area contributed by atoms with Crippen LogP contribution in [0.4, 0.5) is 5.69 Å². The second-order valence-corrected chi connectivity index (χ2v) is 7.98. The molecule has 0 fully saturated rings. The molecule has 0 saturated carbocycles. The quantitative estimate of drug-likeness (QED) is 0.319. The van der Waals surface area contributed by atoms with E-state index in [1.807, 2.05) is 0 Å². The number of halogens is 1. The summed E-state index contributed by atoms with van der Waals surface area (Å²) < 4.78 is 27.4. The number of amidine groups is 1. The van der Waals surface area contributed by atoms with Crippen molar-refractivity contribution in [2.75, 3.05) is 4.72 Å². The summed E-state index contributed by atoms with van der Waals surface area (Å²) in [4.78, 5) is 3.92. The van der Waals surface area contributed by atoms with Crippen LogP contribution in [-0.2, 0) is 10.0 Å². The SMILES string of the molecule is Cc1ncc(S(=O)(=O)Nc2ccc(/C(N)=N/O)cc2Br)s1. The number of aromatic nitrogens is 1. The average molecular weight is 391 g/mol. The van der Waals surface area contributed by atoms with Gasteiger partial charge in [-0.1, -0.05) is 5.16 Å². The van der Waals surface area contributed by atoms with E-state index in [9.17, 15) is 8.42 Å². The maximum absolute atomic E-state index is 12.2. The number of oxime groups is 1. The highest BCUT2D eigenvalue weighted by atomic mass is 79.9. The van der Waals surface area contributed by atoms with Gasteiger partial charge in [0.15, 0.2) is 10.0 Å². The number of nitrogens with one attached hydrogen (secondary N) is 1. The van der Waals surface area contributed by atoms with E-state index in [2.05, 4.69) is 30.8 Å². The van der Waals surface area contributed by atoms with E-state index in [0.29, 0.717) is 20.7 Å². The second kappa shape index (κ2) is 6.00. The predicted octanol–water partition coefficient (Wildman–Crippen LogP) is 2.11. The Morgan fingerprint density at radius 3 is 2.76 bits per heavy atom. The molecular formula is C11H11BrN4O3S2. The lowest BCUT2D eigenvalue weighted by Gasteiger charge is -2.09. The molecule has 1 aromatic carbocycles. The van der Waals surface area contributed by atoms with E-state index < -0.39 is 10.0 Å². The highest BCUT2D eigenvalue weighted by molar-refractivity contribution is 9.10. The molecule has 4 N–H and O–H groups in total. The molecule has 0 aliphatic rings. The van der Waals surface area contributed by atoms with Crippen molar-refractivity contribution in [3.8, 4) is 0 Å². The standard InChI is InChI=1S/C11H11BrN4O3S2/c1-6-14-5-10(20-6)21(18,19)16-9-3-2-7(4-8(9)12)11(13)15-17/h2-5,16-17H,1H3,(H2,13,15). The molecule has 112 valence electrons. The van der Waals surface area contributed by atoms with Crippen molar-refractivity contribution < 1.29 is 13.6 Å². The lowest BCUT2D eigenvalue weighted by atomic mass is 10.2. The molecule has 0 aliphatic heterocycles. The van der Waals surface area contributed by atoms with Gasteiger partial charge < -0.3 is 10.9 Å². The molecule has 0 atom stereocenters. The first-order valence-electron chi connectivity index (χ1n) is 5.56. The number of nitrogens with zero attached hydrogens (tertiary/aromatic N) is 2. The van der Waals surface area contributed by atoms with Gasteiger partial charge in [0.25, 0.3) is 10.0 Å². The van der Waals surface area contributed by atoms with Gasteiger partial charge in [-0.3, -0.25) is 4.72 Å². The maximum atomic E-state index is 12.2. The zero-order chi connectivity index (χ0) is 15.6. The first-order valence-corrected chi connectivity index (χ1v) is 8.65. The highest BCUT2D eigenvalue weighted by Crippen LogP contribution is 2.27. The molecule has 0 amide bonds. The van der Waals surface area contributed by atoms with Crippen LogP contribution < -0.4 is 10.5 Å². The fraction of sp³-hybridized carbons (Fsp3) is 0.0909. The third kappa shape index (κ3) is 3.52. The number of anilines is 1. The maximum Gasteiger partial charge on any atom is 0.273 e. The molecule has 10 heteroatoms. The van der Waals surface area contributed by atoms with Crippen LogP contribution in [0.15, 0.2) is 38.2 Å². The van der Waals surface area contributed by atoms with Crippen molar-refractivity contribution in [1.29, 1.82) is 0 Å². The number of nitrogens with two attached hydrogens (primary N) is 1. The third-order valence-corrected chi connectivity index (χ3v) is 5.88. The Morgan fingerprint density at radius 2 is 2.24 bits per heavy atom. The Balaban J connectivity index is 2.32. The fourth-order valence-corrected chi connectivity index (χ4v) is 4.27. The summed E-state index contributed by atoms with van der Waals surface area (Å²) in [5, 5.41) is 12.2. The molecule has 0 bridgehead atoms. The molecule has 7 nitrogen and oxygen atoms in total. The van der Waals surface area contributed by atoms with Crippen molar-refractivity contribution >= 4 is 48.8 Å². The summed E-state index contributed by atoms with van der Waals surface area (Å²) in [7, 11) is -3.69. The normalized spacial score (nSPS) is 12.4. The summed E-state index contributed by atoms with van der Waals surface area (Å²) in [6.45, 7) is 1.73. The Kier molecular flexibility index (Phi) is 4.49. The van der Waals surface area contributed by atoms with Gasteiger partial charge in [0, 0.05) is 10.0 Å². The molecule has 1 aromatic heterocycles. The lowest BCUT2D eigenvalue weighted by Crippen LogP contribution is -2.15. The minimum atomic E-state index is -3.69. The number of sulfonamides is 1. The Labute approximate surface area is 133 Å². The van der Waals surface area contributed by atoms with E-state index in [0.717, 1.165) is 11.3 Å². The van der Waals surface area contributed by atoms with Crippen LogP contribution in [0.2, 0.25) is 0 Å². The van der Waals surface area contributed by atoms with Gasteiger partial charge in [-0.15, -0.1) is 11.3 Å². The van der Waals surface area contributed by atoms with Crippen LogP contribution in [0.1, 0.15) is 10.6 Å². The fourth-order valence-electron chi connectivity index (χ4n) is 1.48. The smallest absolute Gasteiger partial charge is 0.273 e. The van der Waals surface area contributed by atoms with Gasteiger partial charge >= 0.3 is 0 Å². The summed E-state index contributed by atoms with van der Waals surface area (Å²) in [6.07, 6.45) is 1.31. The number of hydrogen-bond acceptors (Lipinski definition) is 6. The van der Waals surface area contributed by atoms with Gasteiger partial charge in [-0.25, -0.2) is 13.4 Å². The molecule has 21 heavy (non-hydrogen) atoms. The molecule has 0 aliphatic carbocycles. The van der Waals surface area contributed by atoms with Crippen LogP contribution in [0, 0.1) is 6.92 Å². The van der Waals surface area contributed by atoms with Crippen molar-refractivity contribution in [3.05, 3.63) is 39.4 Å². The monoisotopic (exact) mass is 390 g/mol. The molecule has 0 radical (unpaired) electrons. The zero-order valence-electron chi connectivity index (χ0n) is 10.7. The minimum Gasteiger partial charge on any atom is -0.409 e. The topological polar surface area (TPSA) is 118 Å². The predicted molar refractivity (Wildman–Crippen MR) is 84.3 cm³/mol. The molecule has 1 heterocycles. The Hall–Kier alpha value is -1.65. The minimum absolute atomic E-state index is 0.0665. The van der Waals surface area contributed by atoms with Gasteiger partial charge in [0.2, 0.25) is 0 Å².